The molecular formula is C40H61N9O10S. The van der Waals surface area contributed by atoms with Crippen molar-refractivity contribution in [3.63, 3.8) is 0 Å². The first-order chi connectivity index (χ1) is 29.0. The van der Waals surface area contributed by atoms with Crippen molar-refractivity contribution in [2.45, 2.75) is 63.4 Å². The van der Waals surface area contributed by atoms with Crippen molar-refractivity contribution in [1.82, 2.24) is 29.7 Å². The monoisotopic (exact) mass is 859 g/mol. The minimum absolute atomic E-state index is 0.0617. The number of carbonyl (C=O) groups is 4. The van der Waals surface area contributed by atoms with Crippen LogP contribution in [0.15, 0.2) is 30.5 Å². The molecule has 1 aliphatic rings. The summed E-state index contributed by atoms with van der Waals surface area (Å²) in [5, 5.41) is 23.0. The van der Waals surface area contributed by atoms with E-state index in [1.165, 1.54) is 0 Å². The number of aromatic nitrogens is 3. The van der Waals surface area contributed by atoms with Gasteiger partial charge in [0.15, 0.2) is 5.82 Å². The van der Waals surface area contributed by atoms with Crippen LogP contribution < -0.4 is 26.8 Å². The van der Waals surface area contributed by atoms with Crippen LogP contribution in [-0.2, 0) is 46.5 Å². The number of fused-ring (bicyclic) bond motifs is 1. The third-order valence-electron chi connectivity index (χ3n) is 9.74. The molecule has 0 spiro atoms. The Labute approximate surface area is 354 Å². The van der Waals surface area contributed by atoms with Gasteiger partial charge in [-0.2, -0.15) is 4.98 Å². The highest BCUT2D eigenvalue weighted by atomic mass is 32.2. The smallest absolute Gasteiger partial charge is 0.321 e. The fraction of sp³-hybridized carbons (Fsp3) is 0.600. The number of nitrogen functional groups attached to an aromatic ring is 1. The molecule has 2 amide bonds. The first-order valence-corrected chi connectivity index (χ1v) is 21.4. The molecule has 1 saturated heterocycles. The Bertz CT molecular complexity index is 1830. The fourth-order valence-electron chi connectivity index (χ4n) is 6.45. The number of anilines is 2. The largest absolute Gasteiger partial charge is 0.496 e. The minimum atomic E-state index is -1.24. The van der Waals surface area contributed by atoms with E-state index in [-0.39, 0.29) is 43.8 Å². The van der Waals surface area contributed by atoms with Gasteiger partial charge in [-0.05, 0) is 24.1 Å². The predicted molar refractivity (Wildman–Crippen MR) is 228 cm³/mol. The predicted octanol–water partition coefficient (Wildman–Crippen LogP) is 1.86. The lowest BCUT2D eigenvalue weighted by Gasteiger charge is -2.35. The van der Waals surface area contributed by atoms with Crippen molar-refractivity contribution in [3.8, 4) is 5.75 Å². The third kappa shape index (κ3) is 16.0. The SMILES string of the molecule is CCCCCNc1nc(N)nc2ccn(Cc3ccc(CN4CCN(C(=O)CCOCCOCCOCCNC(=O)CC(SC[C@H](N)C(=O)O)C(=O)O)CC4)cc3OC)c12. The van der Waals surface area contributed by atoms with Crippen molar-refractivity contribution >= 4 is 58.3 Å². The van der Waals surface area contributed by atoms with E-state index < -0.39 is 29.1 Å². The highest BCUT2D eigenvalue weighted by molar-refractivity contribution is 8.00. The lowest BCUT2D eigenvalue weighted by atomic mass is 10.1. The zero-order valence-electron chi connectivity index (χ0n) is 34.6. The molecule has 2 aromatic heterocycles. The second-order valence-electron chi connectivity index (χ2n) is 14.3. The summed E-state index contributed by atoms with van der Waals surface area (Å²) in [6.07, 6.45) is 5.31. The number of nitrogens with two attached hydrogens (primary N) is 2. The Kier molecular flexibility index (Phi) is 20.6. The Morgan fingerprint density at radius 1 is 0.900 bits per heavy atom. The number of piperazine rings is 1. The number of thioether (sulfide) groups is 1. The van der Waals surface area contributed by atoms with Crippen molar-refractivity contribution in [2.75, 3.05) is 103 Å². The van der Waals surface area contributed by atoms with Crippen LogP contribution in [0.1, 0.15) is 50.2 Å². The molecule has 8 N–H and O–H groups in total. The summed E-state index contributed by atoms with van der Waals surface area (Å²) in [6, 6.07) is 7.07. The van der Waals surface area contributed by atoms with Crippen molar-refractivity contribution in [3.05, 3.63) is 41.6 Å². The number of nitrogens with one attached hydrogen (secondary N) is 2. The molecule has 4 rings (SSSR count). The average molecular weight is 860 g/mol. The molecule has 1 aliphatic heterocycles. The molecule has 2 atom stereocenters. The van der Waals surface area contributed by atoms with Crippen LogP contribution in [0.3, 0.4) is 0 Å². The number of hydrogen-bond donors (Lipinski definition) is 6. The molecule has 60 heavy (non-hydrogen) atoms. The van der Waals surface area contributed by atoms with Crippen LogP contribution in [0.2, 0.25) is 0 Å². The Hall–Kier alpha value is -4.73. The van der Waals surface area contributed by atoms with Crippen LogP contribution in [0.25, 0.3) is 11.0 Å². The van der Waals surface area contributed by atoms with Gasteiger partial charge in [0.1, 0.15) is 22.6 Å². The molecule has 0 aliphatic carbocycles. The number of benzene rings is 1. The van der Waals surface area contributed by atoms with E-state index >= 15 is 0 Å². The number of rotatable bonds is 29. The number of carbonyl (C=O) groups excluding carboxylic acids is 2. The van der Waals surface area contributed by atoms with Gasteiger partial charge in [-0.3, -0.25) is 24.1 Å². The molecule has 0 bridgehead atoms. The number of ether oxygens (including phenoxy) is 4. The van der Waals surface area contributed by atoms with E-state index in [1.54, 1.807) is 7.11 Å². The summed E-state index contributed by atoms with van der Waals surface area (Å²) in [4.78, 5) is 60.3. The molecule has 3 aromatic rings. The summed E-state index contributed by atoms with van der Waals surface area (Å²) in [5.74, 6) is -1.22. The van der Waals surface area contributed by atoms with Gasteiger partial charge in [-0.1, -0.05) is 31.9 Å². The zero-order valence-corrected chi connectivity index (χ0v) is 35.5. The highest BCUT2D eigenvalue weighted by Gasteiger charge is 2.25. The molecule has 19 nitrogen and oxygen atoms in total. The summed E-state index contributed by atoms with van der Waals surface area (Å²) < 4.78 is 24.5. The second kappa shape index (κ2) is 25.8. The maximum absolute atomic E-state index is 12.8. The Morgan fingerprint density at radius 2 is 1.62 bits per heavy atom. The highest BCUT2D eigenvalue weighted by Crippen LogP contribution is 2.28. The van der Waals surface area contributed by atoms with Crippen molar-refractivity contribution in [1.29, 1.82) is 0 Å². The lowest BCUT2D eigenvalue weighted by molar-refractivity contribution is -0.139. The number of hydrogen-bond acceptors (Lipinski definition) is 15. The van der Waals surface area contributed by atoms with E-state index in [2.05, 4.69) is 55.2 Å². The number of carboxylic acid groups (broad SMARTS) is 2. The normalized spacial score (nSPS) is 14.2. The molecule has 1 aromatic carbocycles. The van der Waals surface area contributed by atoms with Gasteiger partial charge in [-0.25, -0.2) is 4.98 Å². The molecule has 3 heterocycles. The maximum atomic E-state index is 12.8. The molecule has 20 heteroatoms. The third-order valence-corrected chi connectivity index (χ3v) is 11.1. The summed E-state index contributed by atoms with van der Waals surface area (Å²) in [5.41, 5.74) is 15.3. The van der Waals surface area contributed by atoms with E-state index in [0.717, 1.165) is 90.9 Å². The van der Waals surface area contributed by atoms with Gasteiger partial charge < -0.3 is 60.7 Å². The standard InChI is InChI=1S/C40H61N9O10S/c1-3-4-5-10-44-37-36-31(45-40(42)46-37)8-12-49(36)26-29-7-6-28(23-32(29)56-2)25-47-13-15-48(16-14-47)35(51)9-17-57-19-21-59-22-20-58-18-11-43-34(50)24-33(39(54)55)60-27-30(41)38(52)53/h6-8,12,23,30,33H,3-5,9-11,13-22,24-27,41H2,1-2H3,(H,43,50)(H,52,53)(H,54,55)(H3,42,44,45,46)/t30-,33?/m0/s1. The first-order valence-electron chi connectivity index (χ1n) is 20.3. The maximum Gasteiger partial charge on any atom is 0.321 e. The Morgan fingerprint density at radius 3 is 2.30 bits per heavy atom. The van der Waals surface area contributed by atoms with Crippen LogP contribution in [0.4, 0.5) is 11.8 Å². The quantitative estimate of drug-likeness (QED) is 0.0545. The van der Waals surface area contributed by atoms with E-state index in [9.17, 15) is 24.3 Å². The van der Waals surface area contributed by atoms with Crippen LogP contribution in [0, 0.1) is 0 Å². The van der Waals surface area contributed by atoms with Gasteiger partial charge in [0, 0.05) is 69.7 Å². The molecule has 1 fully saturated rings. The summed E-state index contributed by atoms with van der Waals surface area (Å²) >= 11 is 0.812. The zero-order chi connectivity index (χ0) is 43.3. The Balaban J connectivity index is 1.06. The number of amides is 2. The second-order valence-corrected chi connectivity index (χ2v) is 15.5. The minimum Gasteiger partial charge on any atom is -0.496 e. The van der Waals surface area contributed by atoms with E-state index in [0.29, 0.717) is 52.5 Å². The van der Waals surface area contributed by atoms with Gasteiger partial charge in [0.2, 0.25) is 17.8 Å². The molecule has 0 saturated carbocycles. The number of methoxy groups -OCH3 is 1. The van der Waals surface area contributed by atoms with Gasteiger partial charge >= 0.3 is 11.9 Å². The van der Waals surface area contributed by atoms with Crippen molar-refractivity contribution in [2.24, 2.45) is 5.73 Å². The topological polar surface area (TPSA) is 259 Å². The van der Waals surface area contributed by atoms with Gasteiger partial charge in [0.05, 0.1) is 65.2 Å². The van der Waals surface area contributed by atoms with Crippen molar-refractivity contribution < 1.29 is 48.3 Å². The first kappa shape index (κ1) is 47.9. The van der Waals surface area contributed by atoms with Crippen LogP contribution in [-0.4, -0.2) is 161 Å². The van der Waals surface area contributed by atoms with E-state index in [4.69, 9.17) is 35.5 Å². The summed E-state index contributed by atoms with van der Waals surface area (Å²) in [7, 11) is 1.69. The number of aliphatic carboxylic acids is 2. The molecule has 1 unspecified atom stereocenters. The molecule has 332 valence electrons. The van der Waals surface area contributed by atoms with Gasteiger partial charge in [-0.15, -0.1) is 11.8 Å². The summed E-state index contributed by atoms with van der Waals surface area (Å²) in [6.45, 7) is 9.11. The lowest BCUT2D eigenvalue weighted by Crippen LogP contribution is -2.48. The number of unbranched alkanes of at least 4 members (excludes halogenated alkanes) is 2. The van der Waals surface area contributed by atoms with Crippen LogP contribution >= 0.6 is 11.8 Å². The fourth-order valence-corrected chi connectivity index (χ4v) is 7.44. The number of carboxylic acids is 2. The van der Waals surface area contributed by atoms with Crippen LogP contribution in [0.5, 0.6) is 5.75 Å². The molecular weight excluding hydrogens is 799 g/mol. The van der Waals surface area contributed by atoms with Gasteiger partial charge in [0.25, 0.3) is 0 Å². The number of nitrogens with zero attached hydrogens (tertiary/aromatic N) is 5. The molecule has 0 radical (unpaired) electrons. The van der Waals surface area contributed by atoms with E-state index in [1.807, 2.05) is 17.2 Å². The average Bonchev–Trinajstić information content (AvgIpc) is 3.63.